The quantitative estimate of drug-likeness (QED) is 0.537. The number of hydrogen-bond acceptors (Lipinski definition) is 5. The Labute approximate surface area is 97.7 Å². The molecule has 0 radical (unpaired) electrons. The van der Waals surface area contributed by atoms with Crippen LogP contribution >= 0.6 is 0 Å². The maximum Gasteiger partial charge on any atom is 0.239 e. The second-order valence-electron chi connectivity index (χ2n) is 3.69. The molecule has 2 heterocycles. The summed E-state index contributed by atoms with van der Waals surface area (Å²) in [4.78, 5) is 22.5. The molecule has 1 atom stereocenters. The minimum atomic E-state index is -0.358. The van der Waals surface area contributed by atoms with Crippen molar-refractivity contribution in [1.29, 1.82) is 0 Å². The lowest BCUT2D eigenvalue weighted by atomic mass is 10.2. The molecule has 0 spiro atoms. The Morgan fingerprint density at radius 2 is 2.53 bits per heavy atom. The smallest absolute Gasteiger partial charge is 0.239 e. The summed E-state index contributed by atoms with van der Waals surface area (Å²) < 4.78 is 1.64. The summed E-state index contributed by atoms with van der Waals surface area (Å²) >= 11 is 0. The van der Waals surface area contributed by atoms with E-state index in [0.29, 0.717) is 19.6 Å². The number of piperazine rings is 1. The third-order valence-electron chi connectivity index (χ3n) is 2.44. The fraction of sp³-hybridized carbons (Fsp3) is 0.556. The molecule has 2 rings (SSSR count). The molecule has 1 unspecified atom stereocenters. The molecule has 2 amide bonds. The lowest BCUT2D eigenvalue weighted by molar-refractivity contribution is -0.126. The van der Waals surface area contributed by atoms with Gasteiger partial charge in [0, 0.05) is 19.3 Å². The fourth-order valence-electron chi connectivity index (χ4n) is 1.52. The maximum absolute atomic E-state index is 11.7. The van der Waals surface area contributed by atoms with Crippen LogP contribution in [-0.4, -0.2) is 52.5 Å². The summed E-state index contributed by atoms with van der Waals surface area (Å²) in [5.74, 6) is -0.207. The van der Waals surface area contributed by atoms with E-state index in [0.717, 1.165) is 0 Å². The van der Waals surface area contributed by atoms with Crippen LogP contribution in [0, 0.1) is 0 Å². The number of nitrogens with zero attached hydrogens (tertiary/aromatic N) is 3. The molecule has 3 N–H and O–H groups in total. The number of carbonyl (C=O) groups excluding carboxylic acids is 2. The SMILES string of the molecule is O=C1CNC(C(=O)NCCn2ccnn2)CN1. The largest absolute Gasteiger partial charge is 0.353 e. The minimum absolute atomic E-state index is 0.0864. The minimum Gasteiger partial charge on any atom is -0.353 e. The normalized spacial score (nSPS) is 19.8. The van der Waals surface area contributed by atoms with Crippen molar-refractivity contribution in [3.05, 3.63) is 12.4 Å². The molecule has 1 aromatic rings. The Morgan fingerprint density at radius 1 is 1.65 bits per heavy atom. The molecule has 0 aromatic carbocycles. The van der Waals surface area contributed by atoms with Crippen molar-refractivity contribution in [2.75, 3.05) is 19.6 Å². The van der Waals surface area contributed by atoms with Gasteiger partial charge in [-0.3, -0.25) is 19.6 Å². The second-order valence-corrected chi connectivity index (χ2v) is 3.69. The average molecular weight is 238 g/mol. The van der Waals surface area contributed by atoms with Gasteiger partial charge in [-0.2, -0.15) is 0 Å². The molecule has 17 heavy (non-hydrogen) atoms. The van der Waals surface area contributed by atoms with Gasteiger partial charge < -0.3 is 10.6 Å². The van der Waals surface area contributed by atoms with Gasteiger partial charge in [-0.25, -0.2) is 0 Å². The Kier molecular flexibility index (Phi) is 3.66. The topological polar surface area (TPSA) is 101 Å². The van der Waals surface area contributed by atoms with Crippen LogP contribution in [0.4, 0.5) is 0 Å². The van der Waals surface area contributed by atoms with Crippen LogP contribution in [0.1, 0.15) is 0 Å². The number of carbonyl (C=O) groups is 2. The highest BCUT2D eigenvalue weighted by molar-refractivity contribution is 5.86. The molecule has 1 fully saturated rings. The van der Waals surface area contributed by atoms with Crippen molar-refractivity contribution >= 4 is 11.8 Å². The summed E-state index contributed by atoms with van der Waals surface area (Å²) in [6.45, 7) is 1.56. The summed E-state index contributed by atoms with van der Waals surface area (Å²) in [6, 6.07) is -0.358. The molecule has 1 aliphatic rings. The van der Waals surface area contributed by atoms with E-state index in [4.69, 9.17) is 0 Å². The zero-order chi connectivity index (χ0) is 12.1. The van der Waals surface area contributed by atoms with Gasteiger partial charge in [0.1, 0.15) is 6.04 Å². The summed E-state index contributed by atoms with van der Waals surface area (Å²) in [6.07, 6.45) is 3.31. The Bertz CT molecular complexity index is 380. The van der Waals surface area contributed by atoms with Crippen LogP contribution in [0.2, 0.25) is 0 Å². The molecule has 0 saturated carbocycles. The van der Waals surface area contributed by atoms with Crippen molar-refractivity contribution in [2.24, 2.45) is 0 Å². The van der Waals surface area contributed by atoms with Crippen LogP contribution in [0.15, 0.2) is 12.4 Å². The molecule has 8 nitrogen and oxygen atoms in total. The van der Waals surface area contributed by atoms with Gasteiger partial charge in [-0.1, -0.05) is 5.21 Å². The first kappa shape index (κ1) is 11.5. The predicted molar refractivity (Wildman–Crippen MR) is 57.8 cm³/mol. The van der Waals surface area contributed by atoms with E-state index in [2.05, 4.69) is 26.3 Å². The molecule has 1 aliphatic heterocycles. The van der Waals surface area contributed by atoms with Gasteiger partial charge in [0.15, 0.2) is 0 Å². The summed E-state index contributed by atoms with van der Waals surface area (Å²) in [5, 5.41) is 15.7. The Hall–Kier alpha value is -1.96. The Balaban J connectivity index is 1.68. The number of rotatable bonds is 4. The fourth-order valence-corrected chi connectivity index (χ4v) is 1.52. The predicted octanol–water partition coefficient (Wildman–Crippen LogP) is -2.52. The molecular formula is C9H14N6O2. The monoisotopic (exact) mass is 238 g/mol. The first-order chi connectivity index (χ1) is 8.25. The van der Waals surface area contributed by atoms with E-state index < -0.39 is 0 Å². The first-order valence-electron chi connectivity index (χ1n) is 5.37. The number of aromatic nitrogens is 3. The molecule has 1 saturated heterocycles. The van der Waals surface area contributed by atoms with Crippen LogP contribution in [0.3, 0.4) is 0 Å². The van der Waals surface area contributed by atoms with E-state index in [9.17, 15) is 9.59 Å². The summed E-state index contributed by atoms with van der Waals surface area (Å²) in [5.41, 5.74) is 0. The highest BCUT2D eigenvalue weighted by Crippen LogP contribution is 1.88. The van der Waals surface area contributed by atoms with Crippen molar-refractivity contribution in [3.63, 3.8) is 0 Å². The van der Waals surface area contributed by atoms with E-state index in [1.54, 1.807) is 17.1 Å². The van der Waals surface area contributed by atoms with Crippen LogP contribution < -0.4 is 16.0 Å². The van der Waals surface area contributed by atoms with Gasteiger partial charge in [0.25, 0.3) is 0 Å². The van der Waals surface area contributed by atoms with Crippen molar-refractivity contribution < 1.29 is 9.59 Å². The lowest BCUT2D eigenvalue weighted by Gasteiger charge is -2.23. The number of nitrogens with one attached hydrogen (secondary N) is 3. The van der Waals surface area contributed by atoms with Crippen LogP contribution in [0.25, 0.3) is 0 Å². The Morgan fingerprint density at radius 3 is 3.18 bits per heavy atom. The van der Waals surface area contributed by atoms with Gasteiger partial charge >= 0.3 is 0 Å². The highest BCUT2D eigenvalue weighted by atomic mass is 16.2. The molecule has 92 valence electrons. The molecule has 0 aliphatic carbocycles. The van der Waals surface area contributed by atoms with E-state index in [-0.39, 0.29) is 24.4 Å². The van der Waals surface area contributed by atoms with Gasteiger partial charge in [-0.05, 0) is 0 Å². The van der Waals surface area contributed by atoms with E-state index >= 15 is 0 Å². The zero-order valence-electron chi connectivity index (χ0n) is 9.22. The zero-order valence-corrected chi connectivity index (χ0v) is 9.22. The molecule has 8 heteroatoms. The van der Waals surface area contributed by atoms with Gasteiger partial charge in [-0.15, -0.1) is 5.10 Å². The summed E-state index contributed by atoms with van der Waals surface area (Å²) in [7, 11) is 0. The highest BCUT2D eigenvalue weighted by Gasteiger charge is 2.22. The van der Waals surface area contributed by atoms with Crippen molar-refractivity contribution in [1.82, 2.24) is 30.9 Å². The van der Waals surface area contributed by atoms with Crippen molar-refractivity contribution in [3.8, 4) is 0 Å². The molecule has 0 bridgehead atoms. The van der Waals surface area contributed by atoms with Crippen molar-refractivity contribution in [2.45, 2.75) is 12.6 Å². The lowest BCUT2D eigenvalue weighted by Crippen LogP contribution is -2.58. The molecule has 1 aromatic heterocycles. The standard InChI is InChI=1S/C9H14N6O2/c16-8-6-11-7(5-12-8)9(17)10-1-3-15-4-2-13-14-15/h2,4,7,11H,1,3,5-6H2,(H,10,17)(H,12,16). The van der Waals surface area contributed by atoms with Crippen LogP contribution in [-0.2, 0) is 16.1 Å². The maximum atomic E-state index is 11.7. The van der Waals surface area contributed by atoms with Gasteiger partial charge in [0.2, 0.25) is 11.8 Å². The molecular weight excluding hydrogens is 224 g/mol. The first-order valence-corrected chi connectivity index (χ1v) is 5.37. The number of amides is 2. The van der Waals surface area contributed by atoms with Crippen LogP contribution in [0.5, 0.6) is 0 Å². The van der Waals surface area contributed by atoms with Gasteiger partial charge in [0.05, 0.1) is 19.3 Å². The van der Waals surface area contributed by atoms with E-state index in [1.165, 1.54) is 0 Å². The second kappa shape index (κ2) is 5.39. The van der Waals surface area contributed by atoms with E-state index in [1.807, 2.05) is 0 Å². The average Bonchev–Trinajstić information content (AvgIpc) is 2.83. The third-order valence-corrected chi connectivity index (χ3v) is 2.44. The number of hydrogen-bond donors (Lipinski definition) is 3. The third kappa shape index (κ3) is 3.25.